The zero-order chi connectivity index (χ0) is 19.7. The molecule has 0 spiro atoms. The van der Waals surface area contributed by atoms with Crippen molar-refractivity contribution in [1.82, 2.24) is 10.6 Å². The van der Waals surface area contributed by atoms with Gasteiger partial charge in [-0.05, 0) is 51.3 Å². The van der Waals surface area contributed by atoms with Gasteiger partial charge in [-0.15, -0.1) is 0 Å². The quantitative estimate of drug-likeness (QED) is 0.672. The minimum Gasteiger partial charge on any atom is -0.468 e. The molecule has 0 heterocycles. The first-order chi connectivity index (χ1) is 12.1. The first-order valence-corrected chi connectivity index (χ1v) is 9.07. The lowest BCUT2D eigenvalue weighted by Crippen LogP contribution is -2.49. The van der Waals surface area contributed by atoms with Crippen LogP contribution >= 0.6 is 11.6 Å². The highest BCUT2D eigenvalue weighted by Crippen LogP contribution is 2.12. The Balaban J connectivity index is 2.78. The molecule has 0 radical (unpaired) electrons. The van der Waals surface area contributed by atoms with E-state index in [1.807, 2.05) is 39.8 Å². The number of methoxy groups -OCH3 is 1. The van der Waals surface area contributed by atoms with Crippen LogP contribution in [0.2, 0.25) is 5.02 Å². The van der Waals surface area contributed by atoms with Gasteiger partial charge in [0.25, 0.3) is 0 Å². The summed E-state index contributed by atoms with van der Waals surface area (Å²) in [5.41, 5.74) is 0.434. The number of carbonyl (C=O) groups excluding carboxylic acids is 2. The van der Waals surface area contributed by atoms with Gasteiger partial charge in [0, 0.05) is 17.6 Å². The van der Waals surface area contributed by atoms with E-state index in [0.29, 0.717) is 24.4 Å². The summed E-state index contributed by atoms with van der Waals surface area (Å²) < 4.78 is 10.1. The van der Waals surface area contributed by atoms with Gasteiger partial charge < -0.3 is 20.1 Å². The summed E-state index contributed by atoms with van der Waals surface area (Å²) in [7, 11) is 1.36. The number of esters is 1. The largest absolute Gasteiger partial charge is 0.468 e. The van der Waals surface area contributed by atoms with E-state index in [0.717, 1.165) is 5.56 Å². The predicted octanol–water partition coefficient (Wildman–Crippen LogP) is 3.32. The Morgan fingerprint density at radius 2 is 1.81 bits per heavy atom. The van der Waals surface area contributed by atoms with E-state index in [9.17, 15) is 9.59 Å². The molecule has 0 aliphatic heterocycles. The van der Waals surface area contributed by atoms with Gasteiger partial charge in [0.1, 0.15) is 11.6 Å². The number of halogens is 1. The van der Waals surface area contributed by atoms with Crippen LogP contribution in [0.5, 0.6) is 0 Å². The summed E-state index contributed by atoms with van der Waals surface area (Å²) in [6.45, 7) is 7.72. The fourth-order valence-corrected chi connectivity index (χ4v) is 2.50. The number of rotatable bonds is 8. The van der Waals surface area contributed by atoms with E-state index >= 15 is 0 Å². The minimum atomic E-state index is -0.583. The molecule has 2 N–H and O–H groups in total. The minimum absolute atomic E-state index is 0.260. The molecule has 146 valence electrons. The fourth-order valence-electron chi connectivity index (χ4n) is 2.37. The number of amides is 1. The maximum atomic E-state index is 12.1. The lowest BCUT2D eigenvalue weighted by molar-refractivity contribution is -0.143. The Morgan fingerprint density at radius 1 is 1.19 bits per heavy atom. The van der Waals surface area contributed by atoms with Crippen LogP contribution in [-0.2, 0) is 20.7 Å². The van der Waals surface area contributed by atoms with Crippen LogP contribution in [0, 0.1) is 0 Å². The van der Waals surface area contributed by atoms with Crippen molar-refractivity contribution >= 4 is 23.7 Å². The van der Waals surface area contributed by atoms with E-state index in [2.05, 4.69) is 10.6 Å². The average Bonchev–Trinajstić information content (AvgIpc) is 2.55. The molecule has 1 amide bonds. The topological polar surface area (TPSA) is 76.7 Å². The van der Waals surface area contributed by atoms with Crippen molar-refractivity contribution in [1.29, 1.82) is 0 Å². The van der Waals surface area contributed by atoms with Crippen molar-refractivity contribution in [2.75, 3.05) is 13.7 Å². The standard InChI is InChI=1S/C19H29ClN2O4/c1-6-16(17(23)25-5)21-12-15(22-18(24)26-19(2,3)4)11-13-7-9-14(20)10-8-13/h7-10,15-16,21H,6,11-12H2,1-5H3,(H,22,24)/t15-,16-/m0/s1. The second-order valence-corrected chi connectivity index (χ2v) is 7.50. The zero-order valence-electron chi connectivity index (χ0n) is 16.1. The first-order valence-electron chi connectivity index (χ1n) is 8.69. The molecule has 26 heavy (non-hydrogen) atoms. The fraction of sp³-hybridized carbons (Fsp3) is 0.579. The smallest absolute Gasteiger partial charge is 0.407 e. The monoisotopic (exact) mass is 384 g/mol. The molecule has 1 aromatic carbocycles. The Kier molecular flexibility index (Phi) is 8.88. The van der Waals surface area contributed by atoms with Crippen molar-refractivity contribution in [3.63, 3.8) is 0 Å². The van der Waals surface area contributed by atoms with Crippen LogP contribution in [0.15, 0.2) is 24.3 Å². The summed E-state index contributed by atoms with van der Waals surface area (Å²) in [4.78, 5) is 23.9. The highest BCUT2D eigenvalue weighted by Gasteiger charge is 2.22. The van der Waals surface area contributed by atoms with Crippen LogP contribution in [0.1, 0.15) is 39.7 Å². The summed E-state index contributed by atoms with van der Waals surface area (Å²) in [6, 6.07) is 6.74. The number of alkyl carbamates (subject to hydrolysis) is 1. The Bertz CT molecular complexity index is 584. The molecule has 6 nitrogen and oxygen atoms in total. The molecule has 0 saturated carbocycles. The number of hydrogen-bond donors (Lipinski definition) is 2. The predicted molar refractivity (Wildman–Crippen MR) is 102 cm³/mol. The number of hydrogen-bond acceptors (Lipinski definition) is 5. The Labute approximate surface area is 160 Å². The van der Waals surface area contributed by atoms with Crippen molar-refractivity contribution in [3.05, 3.63) is 34.9 Å². The van der Waals surface area contributed by atoms with Gasteiger partial charge in [0.05, 0.1) is 7.11 Å². The van der Waals surface area contributed by atoms with E-state index in [-0.39, 0.29) is 12.0 Å². The molecule has 0 fully saturated rings. The summed E-state index contributed by atoms with van der Waals surface area (Å²) in [5, 5.41) is 6.67. The number of ether oxygens (including phenoxy) is 2. The molecule has 1 rings (SSSR count). The van der Waals surface area contributed by atoms with E-state index in [1.165, 1.54) is 7.11 Å². The van der Waals surface area contributed by atoms with Crippen molar-refractivity contribution in [2.24, 2.45) is 0 Å². The van der Waals surface area contributed by atoms with Gasteiger partial charge in [-0.2, -0.15) is 0 Å². The van der Waals surface area contributed by atoms with Gasteiger partial charge >= 0.3 is 12.1 Å². The highest BCUT2D eigenvalue weighted by molar-refractivity contribution is 6.30. The third kappa shape index (κ3) is 8.54. The third-order valence-electron chi connectivity index (χ3n) is 3.62. The molecule has 1 aromatic rings. The number of benzene rings is 1. The number of carbonyl (C=O) groups is 2. The molecular formula is C19H29ClN2O4. The summed E-state index contributed by atoms with van der Waals surface area (Å²) in [6.07, 6.45) is 0.665. The molecule has 2 atom stereocenters. The molecular weight excluding hydrogens is 356 g/mol. The maximum Gasteiger partial charge on any atom is 0.407 e. The molecule has 0 saturated heterocycles. The van der Waals surface area contributed by atoms with Crippen LogP contribution in [0.25, 0.3) is 0 Å². The summed E-state index contributed by atoms with van der Waals surface area (Å²) in [5.74, 6) is -0.324. The van der Waals surface area contributed by atoms with Gasteiger partial charge in [0.15, 0.2) is 0 Å². The zero-order valence-corrected chi connectivity index (χ0v) is 16.9. The SMILES string of the molecule is CC[C@H](NC[C@H](Cc1ccc(Cl)cc1)NC(=O)OC(C)(C)C)C(=O)OC. The van der Waals surface area contributed by atoms with Crippen LogP contribution in [0.3, 0.4) is 0 Å². The van der Waals surface area contributed by atoms with Gasteiger partial charge in [-0.25, -0.2) is 4.79 Å². The normalized spacial score (nSPS) is 13.6. The summed E-state index contributed by atoms with van der Waals surface area (Å²) >= 11 is 5.92. The van der Waals surface area contributed by atoms with E-state index < -0.39 is 17.7 Å². The van der Waals surface area contributed by atoms with Gasteiger partial charge in [0.2, 0.25) is 0 Å². The molecule has 0 aliphatic rings. The second kappa shape index (κ2) is 10.4. The van der Waals surface area contributed by atoms with Crippen molar-refractivity contribution in [3.8, 4) is 0 Å². The maximum absolute atomic E-state index is 12.1. The Hall–Kier alpha value is -1.79. The highest BCUT2D eigenvalue weighted by atomic mass is 35.5. The van der Waals surface area contributed by atoms with E-state index in [4.69, 9.17) is 21.1 Å². The average molecular weight is 385 g/mol. The molecule has 0 bridgehead atoms. The molecule has 0 aliphatic carbocycles. The second-order valence-electron chi connectivity index (χ2n) is 7.07. The third-order valence-corrected chi connectivity index (χ3v) is 3.87. The van der Waals surface area contributed by atoms with Crippen LogP contribution < -0.4 is 10.6 Å². The number of nitrogens with one attached hydrogen (secondary N) is 2. The van der Waals surface area contributed by atoms with Crippen LogP contribution in [0.4, 0.5) is 4.79 Å². The molecule has 7 heteroatoms. The van der Waals surface area contributed by atoms with E-state index in [1.54, 1.807) is 12.1 Å². The van der Waals surface area contributed by atoms with Crippen molar-refractivity contribution < 1.29 is 19.1 Å². The Morgan fingerprint density at radius 3 is 2.31 bits per heavy atom. The first kappa shape index (κ1) is 22.3. The molecule has 0 aromatic heterocycles. The van der Waals surface area contributed by atoms with Crippen molar-refractivity contribution in [2.45, 2.75) is 58.2 Å². The lowest BCUT2D eigenvalue weighted by atomic mass is 10.1. The molecule has 0 unspecified atom stereocenters. The lowest BCUT2D eigenvalue weighted by Gasteiger charge is -2.25. The van der Waals surface area contributed by atoms with Gasteiger partial charge in [-0.1, -0.05) is 30.7 Å². The van der Waals surface area contributed by atoms with Crippen LogP contribution in [-0.4, -0.2) is 43.4 Å². The van der Waals surface area contributed by atoms with Gasteiger partial charge in [-0.3, -0.25) is 4.79 Å².